The van der Waals surface area contributed by atoms with Gasteiger partial charge in [0.15, 0.2) is 0 Å². The maximum Gasteiger partial charge on any atom is 0.333 e. The van der Waals surface area contributed by atoms with Crippen LogP contribution in [0.15, 0.2) is 49.1 Å². The molecule has 0 saturated heterocycles. The van der Waals surface area contributed by atoms with Crippen molar-refractivity contribution in [3.63, 3.8) is 0 Å². The number of carbonyl (C=O) groups excluding carboxylic acids is 4. The Morgan fingerprint density at radius 1 is 0.686 bits per heavy atom. The summed E-state index contributed by atoms with van der Waals surface area (Å²) in [6, 6.07) is 0. The van der Waals surface area contributed by atoms with Gasteiger partial charge in [-0.15, -0.1) is 0 Å². The number of carbonyl (C=O) groups is 4. The standard InChI is InChI=1S/C27H39O8/c1-8-23(28)32-18-12-15-27(35-26(31)22(6)7,16-13-19-34-25(30)21(4)5)14-10-9-11-17-33-24(29)20(2)3/h8-9H,1-2,4,6,10-19H2,3,5,7H3. The van der Waals surface area contributed by atoms with Crippen LogP contribution >= 0.6 is 0 Å². The van der Waals surface area contributed by atoms with Crippen molar-refractivity contribution in [1.82, 2.24) is 0 Å². The second-order valence-electron chi connectivity index (χ2n) is 8.38. The van der Waals surface area contributed by atoms with Gasteiger partial charge in [0, 0.05) is 22.8 Å². The SMILES string of the molecule is C=CC(=O)OCCCC(CC[CH]CCOC(=O)C(=C)C)(CCCOC(=O)C(=C)C)OC(=O)C(=C)C. The quantitative estimate of drug-likeness (QED) is 0.110. The van der Waals surface area contributed by atoms with Gasteiger partial charge in [0.1, 0.15) is 5.60 Å². The first kappa shape index (κ1) is 31.8. The topological polar surface area (TPSA) is 105 Å². The van der Waals surface area contributed by atoms with Crippen LogP contribution in [0.5, 0.6) is 0 Å². The van der Waals surface area contributed by atoms with Gasteiger partial charge in [-0.3, -0.25) is 0 Å². The van der Waals surface area contributed by atoms with Gasteiger partial charge in [-0.05, 0) is 72.1 Å². The Morgan fingerprint density at radius 3 is 1.66 bits per heavy atom. The molecule has 0 N–H and O–H groups in total. The lowest BCUT2D eigenvalue weighted by molar-refractivity contribution is -0.159. The van der Waals surface area contributed by atoms with Crippen LogP contribution in [-0.2, 0) is 38.1 Å². The molecule has 0 amide bonds. The number of hydrogen-bond donors (Lipinski definition) is 0. The molecule has 0 aliphatic heterocycles. The average Bonchev–Trinajstić information content (AvgIpc) is 2.80. The summed E-state index contributed by atoms with van der Waals surface area (Å²) in [5.41, 5.74) is 0.00460. The molecule has 0 rings (SSSR count). The number of hydrogen-bond acceptors (Lipinski definition) is 8. The van der Waals surface area contributed by atoms with Crippen LogP contribution in [0, 0.1) is 6.42 Å². The molecule has 0 heterocycles. The molecule has 8 nitrogen and oxygen atoms in total. The van der Waals surface area contributed by atoms with Crippen molar-refractivity contribution in [2.45, 2.75) is 71.3 Å². The smallest absolute Gasteiger partial charge is 0.333 e. The van der Waals surface area contributed by atoms with Gasteiger partial charge in [0.25, 0.3) is 0 Å². The van der Waals surface area contributed by atoms with Gasteiger partial charge in [0.2, 0.25) is 0 Å². The lowest BCUT2D eigenvalue weighted by Gasteiger charge is -2.34. The highest BCUT2D eigenvalue weighted by atomic mass is 16.6. The lowest BCUT2D eigenvalue weighted by atomic mass is 9.86. The van der Waals surface area contributed by atoms with E-state index in [1.54, 1.807) is 20.8 Å². The molecule has 0 spiro atoms. The molecule has 0 saturated carbocycles. The van der Waals surface area contributed by atoms with E-state index in [0.29, 0.717) is 56.1 Å². The van der Waals surface area contributed by atoms with E-state index >= 15 is 0 Å². The molecule has 0 aromatic carbocycles. The first-order chi connectivity index (χ1) is 16.4. The lowest BCUT2D eigenvalue weighted by Crippen LogP contribution is -2.36. The molecule has 8 heteroatoms. The van der Waals surface area contributed by atoms with Crippen LogP contribution in [-0.4, -0.2) is 49.3 Å². The molecule has 0 fully saturated rings. The first-order valence-corrected chi connectivity index (χ1v) is 11.6. The summed E-state index contributed by atoms with van der Waals surface area (Å²) >= 11 is 0. The molecular formula is C27H39O8. The molecule has 0 aromatic heterocycles. The van der Waals surface area contributed by atoms with Gasteiger partial charge in [-0.2, -0.15) is 0 Å². The molecular weight excluding hydrogens is 452 g/mol. The number of esters is 4. The molecule has 35 heavy (non-hydrogen) atoms. The van der Waals surface area contributed by atoms with E-state index in [-0.39, 0.29) is 25.4 Å². The van der Waals surface area contributed by atoms with Gasteiger partial charge >= 0.3 is 23.9 Å². The Labute approximate surface area is 209 Å². The van der Waals surface area contributed by atoms with Crippen LogP contribution < -0.4 is 0 Å². The minimum Gasteiger partial charge on any atom is -0.463 e. The number of unbranched alkanes of at least 4 members (excludes halogenated alkanes) is 2. The maximum atomic E-state index is 12.5. The summed E-state index contributed by atoms with van der Waals surface area (Å²) in [6.07, 6.45) is 6.35. The third-order valence-electron chi connectivity index (χ3n) is 4.91. The van der Waals surface area contributed by atoms with E-state index in [9.17, 15) is 19.2 Å². The summed E-state index contributed by atoms with van der Waals surface area (Å²) in [6.45, 7) is 19.3. The van der Waals surface area contributed by atoms with E-state index in [2.05, 4.69) is 26.3 Å². The van der Waals surface area contributed by atoms with Crippen LogP contribution in [0.2, 0.25) is 0 Å². The molecule has 0 aromatic rings. The van der Waals surface area contributed by atoms with Crippen molar-refractivity contribution in [3.05, 3.63) is 55.5 Å². The third kappa shape index (κ3) is 14.7. The largest absolute Gasteiger partial charge is 0.463 e. The minimum atomic E-state index is -0.892. The number of rotatable bonds is 19. The van der Waals surface area contributed by atoms with Gasteiger partial charge < -0.3 is 18.9 Å². The zero-order chi connectivity index (χ0) is 26.9. The summed E-state index contributed by atoms with van der Waals surface area (Å²) in [5.74, 6) is -1.98. The predicted molar refractivity (Wildman–Crippen MR) is 133 cm³/mol. The van der Waals surface area contributed by atoms with Crippen molar-refractivity contribution in [2.24, 2.45) is 0 Å². The van der Waals surface area contributed by atoms with Crippen molar-refractivity contribution in [2.75, 3.05) is 19.8 Å². The third-order valence-corrected chi connectivity index (χ3v) is 4.91. The summed E-state index contributed by atoms with van der Waals surface area (Å²) in [5, 5.41) is 0. The fraction of sp³-hybridized carbons (Fsp3) is 0.519. The molecule has 0 aliphatic carbocycles. The highest BCUT2D eigenvalue weighted by Crippen LogP contribution is 2.32. The molecule has 0 bridgehead atoms. The molecule has 195 valence electrons. The monoisotopic (exact) mass is 491 g/mol. The summed E-state index contributed by atoms with van der Waals surface area (Å²) < 4.78 is 21.2. The zero-order valence-electron chi connectivity index (χ0n) is 21.3. The van der Waals surface area contributed by atoms with Crippen molar-refractivity contribution < 1.29 is 38.1 Å². The fourth-order valence-corrected chi connectivity index (χ4v) is 2.99. The van der Waals surface area contributed by atoms with Gasteiger partial charge in [-0.1, -0.05) is 26.3 Å². The van der Waals surface area contributed by atoms with E-state index in [1.165, 1.54) is 0 Å². The van der Waals surface area contributed by atoms with E-state index in [0.717, 1.165) is 6.08 Å². The van der Waals surface area contributed by atoms with E-state index < -0.39 is 29.5 Å². The normalized spacial score (nSPS) is 12.0. The van der Waals surface area contributed by atoms with Gasteiger partial charge in [0.05, 0.1) is 19.8 Å². The maximum absolute atomic E-state index is 12.5. The summed E-state index contributed by atoms with van der Waals surface area (Å²) in [7, 11) is 0. The first-order valence-electron chi connectivity index (χ1n) is 11.6. The molecule has 1 unspecified atom stereocenters. The Kier molecular flexibility index (Phi) is 15.7. The minimum absolute atomic E-state index is 0.141. The van der Waals surface area contributed by atoms with Crippen molar-refractivity contribution in [3.8, 4) is 0 Å². The van der Waals surface area contributed by atoms with Crippen LogP contribution in [0.4, 0.5) is 0 Å². The Balaban J connectivity index is 5.21. The molecule has 1 radical (unpaired) electrons. The van der Waals surface area contributed by atoms with Crippen LogP contribution in [0.1, 0.15) is 65.7 Å². The predicted octanol–water partition coefficient (Wildman–Crippen LogP) is 4.75. The van der Waals surface area contributed by atoms with Crippen molar-refractivity contribution >= 4 is 23.9 Å². The van der Waals surface area contributed by atoms with E-state index in [4.69, 9.17) is 18.9 Å². The number of ether oxygens (including phenoxy) is 4. The Bertz CT molecular complexity index is 795. The summed E-state index contributed by atoms with van der Waals surface area (Å²) in [4.78, 5) is 47.0. The highest BCUT2D eigenvalue weighted by molar-refractivity contribution is 5.87. The second kappa shape index (κ2) is 17.3. The van der Waals surface area contributed by atoms with Crippen molar-refractivity contribution in [1.29, 1.82) is 0 Å². The zero-order valence-corrected chi connectivity index (χ0v) is 21.3. The Hall–Kier alpha value is -3.16. The fourth-order valence-electron chi connectivity index (χ4n) is 2.99. The van der Waals surface area contributed by atoms with Crippen LogP contribution in [0.3, 0.4) is 0 Å². The molecule has 0 aliphatic rings. The van der Waals surface area contributed by atoms with Gasteiger partial charge in [-0.25, -0.2) is 19.2 Å². The highest BCUT2D eigenvalue weighted by Gasteiger charge is 2.33. The Morgan fingerprint density at radius 2 is 1.17 bits per heavy atom. The second-order valence-corrected chi connectivity index (χ2v) is 8.38. The average molecular weight is 492 g/mol. The van der Waals surface area contributed by atoms with E-state index in [1.807, 2.05) is 6.42 Å². The van der Waals surface area contributed by atoms with Crippen LogP contribution in [0.25, 0.3) is 0 Å². The molecule has 1 atom stereocenters.